The zero-order valence-electron chi connectivity index (χ0n) is 9.33. The van der Waals surface area contributed by atoms with Gasteiger partial charge in [0.25, 0.3) is 0 Å². The van der Waals surface area contributed by atoms with E-state index in [9.17, 15) is 4.79 Å². The number of rotatable bonds is 4. The molecular formula is C12H12N2O2S. The number of carbonyl (C=O) groups is 1. The van der Waals surface area contributed by atoms with E-state index in [2.05, 4.69) is 9.97 Å². The van der Waals surface area contributed by atoms with E-state index >= 15 is 0 Å². The van der Waals surface area contributed by atoms with Gasteiger partial charge in [0, 0.05) is 17.3 Å². The van der Waals surface area contributed by atoms with E-state index in [4.69, 9.17) is 5.11 Å². The fourth-order valence-corrected chi connectivity index (χ4v) is 2.73. The molecule has 1 unspecified atom stereocenters. The van der Waals surface area contributed by atoms with Gasteiger partial charge in [-0.15, -0.1) is 11.3 Å². The Hall–Kier alpha value is -1.75. The van der Waals surface area contributed by atoms with Gasteiger partial charge in [0.1, 0.15) is 5.82 Å². The van der Waals surface area contributed by atoms with E-state index in [1.54, 1.807) is 29.8 Å². The molecule has 2 aromatic heterocycles. The molecule has 0 aliphatic carbocycles. The average molecular weight is 248 g/mol. The van der Waals surface area contributed by atoms with Crippen molar-refractivity contribution in [3.8, 4) is 0 Å². The number of aryl methyl sites for hydroxylation is 1. The predicted octanol–water partition coefficient (Wildman–Crippen LogP) is 2.45. The Morgan fingerprint density at radius 1 is 1.47 bits per heavy atom. The average Bonchev–Trinajstić information content (AvgIpc) is 2.73. The van der Waals surface area contributed by atoms with Crippen molar-refractivity contribution in [3.05, 3.63) is 46.2 Å². The van der Waals surface area contributed by atoms with Crippen molar-refractivity contribution >= 4 is 17.3 Å². The SMILES string of the molecule is Cc1ccsc1C(CC(=O)O)c1ncccn1. The number of carboxylic acids is 1. The highest BCUT2D eigenvalue weighted by Gasteiger charge is 2.22. The van der Waals surface area contributed by atoms with Crippen molar-refractivity contribution in [1.29, 1.82) is 0 Å². The summed E-state index contributed by atoms with van der Waals surface area (Å²) in [4.78, 5) is 20.3. The molecule has 4 nitrogen and oxygen atoms in total. The normalized spacial score (nSPS) is 12.3. The molecule has 0 bridgehead atoms. The van der Waals surface area contributed by atoms with Crippen LogP contribution in [0.5, 0.6) is 0 Å². The Bertz CT molecular complexity index is 510. The number of carboxylic acid groups (broad SMARTS) is 1. The molecule has 17 heavy (non-hydrogen) atoms. The number of aromatic nitrogens is 2. The van der Waals surface area contributed by atoms with Crippen LogP contribution in [0.2, 0.25) is 0 Å². The first-order chi connectivity index (χ1) is 8.18. The molecule has 0 saturated carbocycles. The number of hydrogen-bond donors (Lipinski definition) is 1. The lowest BCUT2D eigenvalue weighted by Gasteiger charge is -2.12. The molecule has 2 heterocycles. The highest BCUT2D eigenvalue weighted by Crippen LogP contribution is 2.31. The van der Waals surface area contributed by atoms with Crippen LogP contribution in [0.1, 0.15) is 28.6 Å². The summed E-state index contributed by atoms with van der Waals surface area (Å²) in [5.41, 5.74) is 1.09. The maximum atomic E-state index is 10.9. The second kappa shape index (κ2) is 5.05. The van der Waals surface area contributed by atoms with Crippen molar-refractivity contribution in [2.45, 2.75) is 19.3 Å². The Morgan fingerprint density at radius 3 is 2.71 bits per heavy atom. The summed E-state index contributed by atoms with van der Waals surface area (Å²) >= 11 is 1.55. The zero-order chi connectivity index (χ0) is 12.3. The Kier molecular flexibility index (Phi) is 3.49. The third-order valence-electron chi connectivity index (χ3n) is 2.49. The second-order valence-electron chi connectivity index (χ2n) is 3.73. The summed E-state index contributed by atoms with van der Waals surface area (Å²) in [6.45, 7) is 1.98. The first kappa shape index (κ1) is 11.7. The van der Waals surface area contributed by atoms with E-state index in [1.165, 1.54) is 0 Å². The molecule has 0 saturated heterocycles. The van der Waals surface area contributed by atoms with Gasteiger partial charge in [-0.1, -0.05) is 0 Å². The molecule has 0 spiro atoms. The van der Waals surface area contributed by atoms with Gasteiger partial charge in [-0.25, -0.2) is 9.97 Å². The van der Waals surface area contributed by atoms with Crippen LogP contribution in [0.15, 0.2) is 29.9 Å². The quantitative estimate of drug-likeness (QED) is 0.902. The minimum Gasteiger partial charge on any atom is -0.481 e. The van der Waals surface area contributed by atoms with Crippen molar-refractivity contribution < 1.29 is 9.90 Å². The van der Waals surface area contributed by atoms with Crippen LogP contribution in [-0.4, -0.2) is 21.0 Å². The van der Waals surface area contributed by atoms with Crippen LogP contribution in [0, 0.1) is 6.92 Å². The smallest absolute Gasteiger partial charge is 0.304 e. The summed E-state index contributed by atoms with van der Waals surface area (Å²) in [7, 11) is 0. The number of hydrogen-bond acceptors (Lipinski definition) is 4. The van der Waals surface area contributed by atoms with Crippen LogP contribution in [0.4, 0.5) is 0 Å². The van der Waals surface area contributed by atoms with Gasteiger partial charge in [0.05, 0.1) is 12.3 Å². The molecule has 1 N–H and O–H groups in total. The van der Waals surface area contributed by atoms with E-state index in [0.717, 1.165) is 10.4 Å². The van der Waals surface area contributed by atoms with Crippen molar-refractivity contribution in [1.82, 2.24) is 9.97 Å². The van der Waals surface area contributed by atoms with E-state index in [0.29, 0.717) is 5.82 Å². The summed E-state index contributed by atoms with van der Waals surface area (Å²) in [6, 6.07) is 3.71. The number of thiophene rings is 1. The fraction of sp³-hybridized carbons (Fsp3) is 0.250. The van der Waals surface area contributed by atoms with Crippen LogP contribution >= 0.6 is 11.3 Å². The molecular weight excluding hydrogens is 236 g/mol. The molecule has 88 valence electrons. The Balaban J connectivity index is 2.39. The maximum Gasteiger partial charge on any atom is 0.304 e. The predicted molar refractivity (Wildman–Crippen MR) is 65.2 cm³/mol. The van der Waals surface area contributed by atoms with Crippen LogP contribution in [0.3, 0.4) is 0 Å². The first-order valence-electron chi connectivity index (χ1n) is 5.21. The maximum absolute atomic E-state index is 10.9. The first-order valence-corrected chi connectivity index (χ1v) is 6.09. The topological polar surface area (TPSA) is 63.1 Å². The summed E-state index contributed by atoms with van der Waals surface area (Å²) in [6.07, 6.45) is 3.30. The monoisotopic (exact) mass is 248 g/mol. The molecule has 0 aliphatic rings. The molecule has 1 atom stereocenters. The van der Waals surface area contributed by atoms with E-state index < -0.39 is 5.97 Å². The highest BCUT2D eigenvalue weighted by molar-refractivity contribution is 7.10. The van der Waals surface area contributed by atoms with Gasteiger partial charge in [-0.05, 0) is 30.0 Å². The minimum absolute atomic E-state index is 0.0192. The number of nitrogens with zero attached hydrogens (tertiary/aromatic N) is 2. The minimum atomic E-state index is -0.838. The lowest BCUT2D eigenvalue weighted by molar-refractivity contribution is -0.137. The second-order valence-corrected chi connectivity index (χ2v) is 4.67. The van der Waals surface area contributed by atoms with Crippen molar-refractivity contribution in [2.24, 2.45) is 0 Å². The lowest BCUT2D eigenvalue weighted by atomic mass is 10.00. The van der Waals surface area contributed by atoms with Gasteiger partial charge in [-0.2, -0.15) is 0 Å². The molecule has 0 radical (unpaired) electrons. The largest absolute Gasteiger partial charge is 0.481 e. The van der Waals surface area contributed by atoms with Crippen LogP contribution in [0.25, 0.3) is 0 Å². The molecule has 0 aliphatic heterocycles. The highest BCUT2D eigenvalue weighted by atomic mass is 32.1. The van der Waals surface area contributed by atoms with Crippen molar-refractivity contribution in [3.63, 3.8) is 0 Å². The standard InChI is InChI=1S/C12H12N2O2S/c1-8-3-6-17-11(8)9(7-10(15)16)12-13-4-2-5-14-12/h2-6,9H,7H2,1H3,(H,15,16). The molecule has 2 rings (SSSR count). The van der Waals surface area contributed by atoms with Gasteiger partial charge < -0.3 is 5.11 Å². The summed E-state index contributed by atoms with van der Waals surface area (Å²) in [5, 5.41) is 10.9. The fourth-order valence-electron chi connectivity index (χ4n) is 1.71. The molecule has 2 aromatic rings. The third-order valence-corrected chi connectivity index (χ3v) is 3.63. The molecule has 5 heteroatoms. The molecule has 0 fully saturated rings. The van der Waals surface area contributed by atoms with Gasteiger partial charge >= 0.3 is 5.97 Å². The Morgan fingerprint density at radius 2 is 2.18 bits per heavy atom. The van der Waals surface area contributed by atoms with E-state index in [-0.39, 0.29) is 12.3 Å². The zero-order valence-corrected chi connectivity index (χ0v) is 10.1. The van der Waals surface area contributed by atoms with E-state index in [1.807, 2.05) is 18.4 Å². The van der Waals surface area contributed by atoms with Gasteiger partial charge in [-0.3, -0.25) is 4.79 Å². The third kappa shape index (κ3) is 2.68. The van der Waals surface area contributed by atoms with Gasteiger partial charge in [0.15, 0.2) is 0 Å². The lowest BCUT2D eigenvalue weighted by Crippen LogP contribution is -2.10. The summed E-state index contributed by atoms with van der Waals surface area (Å²) < 4.78 is 0. The van der Waals surface area contributed by atoms with Crippen LogP contribution in [-0.2, 0) is 4.79 Å². The Labute approximate surface area is 103 Å². The van der Waals surface area contributed by atoms with Crippen LogP contribution < -0.4 is 0 Å². The molecule has 0 amide bonds. The van der Waals surface area contributed by atoms with Gasteiger partial charge in [0.2, 0.25) is 0 Å². The van der Waals surface area contributed by atoms with Crippen molar-refractivity contribution in [2.75, 3.05) is 0 Å². The molecule has 0 aromatic carbocycles. The summed E-state index contributed by atoms with van der Waals surface area (Å²) in [5.74, 6) is -0.524. The number of aliphatic carboxylic acids is 1.